The summed E-state index contributed by atoms with van der Waals surface area (Å²) in [5.41, 5.74) is 14.2. The van der Waals surface area contributed by atoms with Crippen LogP contribution in [0.25, 0.3) is 60.9 Å². The predicted molar refractivity (Wildman–Crippen MR) is 208 cm³/mol. The van der Waals surface area contributed by atoms with E-state index in [0.29, 0.717) is 0 Å². The number of para-hydroxylation sites is 3. The molecule has 9 rings (SSSR count). The van der Waals surface area contributed by atoms with Gasteiger partial charge in [-0.15, -0.1) is 0 Å². The summed E-state index contributed by atoms with van der Waals surface area (Å²) in [6.45, 7) is 2.13. The molecule has 3 aromatic heterocycles. The van der Waals surface area contributed by atoms with Gasteiger partial charge in [0.2, 0.25) is 0 Å². The number of rotatable bonds is 7. The van der Waals surface area contributed by atoms with E-state index in [4.69, 9.17) is 0 Å². The molecule has 51 heavy (non-hydrogen) atoms. The minimum atomic E-state index is 0.967. The SMILES string of the molecule is Cc1c(-c2cncnc2)cc(-c2ccc(-n3c4ccccc4c4cc(N(c5ccccc5)c5ccccc5)ccc43)cc2)cc1-c1cncnc1. The van der Waals surface area contributed by atoms with E-state index in [1.807, 2.05) is 24.8 Å². The maximum atomic E-state index is 4.30. The maximum absolute atomic E-state index is 4.30. The van der Waals surface area contributed by atoms with Crippen LogP contribution < -0.4 is 4.90 Å². The van der Waals surface area contributed by atoms with Crippen molar-refractivity contribution < 1.29 is 0 Å². The summed E-state index contributed by atoms with van der Waals surface area (Å²) in [4.78, 5) is 19.5. The van der Waals surface area contributed by atoms with Gasteiger partial charge in [0.25, 0.3) is 0 Å². The minimum Gasteiger partial charge on any atom is -0.310 e. The first-order chi connectivity index (χ1) is 25.2. The number of nitrogens with zero attached hydrogens (tertiary/aromatic N) is 6. The van der Waals surface area contributed by atoms with Crippen molar-refractivity contribution in [1.82, 2.24) is 24.5 Å². The van der Waals surface area contributed by atoms with Crippen molar-refractivity contribution >= 4 is 38.9 Å². The van der Waals surface area contributed by atoms with E-state index < -0.39 is 0 Å². The second-order valence-corrected chi connectivity index (χ2v) is 12.6. The standard InChI is InChI=1S/C45H32N6/c1-31-41(34-25-46-29-47-26-34)22-33(23-42(31)35-27-48-30-49-28-35)32-16-18-38(19-17-32)51-44-15-9-8-14-40(44)43-24-39(20-21-45(43)51)50(36-10-4-2-5-11-36)37-12-6-3-7-13-37/h2-30H,1H3. The zero-order valence-corrected chi connectivity index (χ0v) is 27.9. The molecule has 0 amide bonds. The van der Waals surface area contributed by atoms with E-state index in [1.54, 1.807) is 12.7 Å². The lowest BCUT2D eigenvalue weighted by Gasteiger charge is -2.25. The molecule has 0 fully saturated rings. The van der Waals surface area contributed by atoms with E-state index in [9.17, 15) is 0 Å². The molecule has 0 saturated carbocycles. The molecule has 6 aromatic carbocycles. The van der Waals surface area contributed by atoms with Gasteiger partial charge in [0.15, 0.2) is 0 Å². The van der Waals surface area contributed by atoms with Gasteiger partial charge in [-0.3, -0.25) is 0 Å². The second-order valence-electron chi connectivity index (χ2n) is 12.6. The first-order valence-corrected chi connectivity index (χ1v) is 16.9. The highest BCUT2D eigenvalue weighted by atomic mass is 15.1. The zero-order valence-electron chi connectivity index (χ0n) is 27.9. The Hall–Kier alpha value is -6.92. The molecule has 6 nitrogen and oxygen atoms in total. The van der Waals surface area contributed by atoms with Crippen LogP contribution in [-0.4, -0.2) is 24.5 Å². The summed E-state index contributed by atoms with van der Waals surface area (Å²) in [6.07, 6.45) is 10.6. The highest BCUT2D eigenvalue weighted by Gasteiger charge is 2.18. The molecule has 0 aliphatic rings. The largest absolute Gasteiger partial charge is 0.310 e. The Balaban J connectivity index is 1.16. The third kappa shape index (κ3) is 5.49. The van der Waals surface area contributed by atoms with Crippen LogP contribution in [0.4, 0.5) is 17.1 Å². The fourth-order valence-corrected chi connectivity index (χ4v) is 7.14. The molecule has 0 radical (unpaired) electrons. The molecule has 9 aromatic rings. The molecule has 6 heteroatoms. The van der Waals surface area contributed by atoms with Crippen LogP contribution in [0.3, 0.4) is 0 Å². The van der Waals surface area contributed by atoms with Gasteiger partial charge in [0.1, 0.15) is 12.7 Å². The van der Waals surface area contributed by atoms with Crippen LogP contribution in [0.5, 0.6) is 0 Å². The average Bonchev–Trinajstić information content (AvgIpc) is 3.53. The quantitative estimate of drug-likeness (QED) is 0.171. The van der Waals surface area contributed by atoms with Gasteiger partial charge < -0.3 is 9.47 Å². The topological polar surface area (TPSA) is 59.7 Å². The number of benzene rings is 6. The Morgan fingerprint density at radius 3 is 1.55 bits per heavy atom. The molecule has 0 N–H and O–H groups in total. The maximum Gasteiger partial charge on any atom is 0.115 e. The zero-order chi connectivity index (χ0) is 34.1. The van der Waals surface area contributed by atoms with Crippen LogP contribution in [0.1, 0.15) is 5.56 Å². The monoisotopic (exact) mass is 656 g/mol. The van der Waals surface area contributed by atoms with Crippen LogP contribution in [0.15, 0.2) is 177 Å². The van der Waals surface area contributed by atoms with Crippen molar-refractivity contribution in [3.8, 4) is 39.1 Å². The lowest BCUT2D eigenvalue weighted by atomic mass is 9.90. The molecular formula is C45H32N6. The Morgan fingerprint density at radius 2 is 0.961 bits per heavy atom. The number of fused-ring (bicyclic) bond motifs is 3. The van der Waals surface area contributed by atoms with Gasteiger partial charge in [-0.05, 0) is 108 Å². The van der Waals surface area contributed by atoms with E-state index in [1.165, 1.54) is 10.8 Å². The Morgan fingerprint density at radius 1 is 0.431 bits per heavy atom. The van der Waals surface area contributed by atoms with E-state index >= 15 is 0 Å². The molecule has 242 valence electrons. The van der Waals surface area contributed by atoms with Gasteiger partial charge >= 0.3 is 0 Å². The summed E-state index contributed by atoms with van der Waals surface area (Å²) in [6, 6.07) is 49.8. The molecule has 0 atom stereocenters. The van der Waals surface area contributed by atoms with E-state index in [-0.39, 0.29) is 0 Å². The van der Waals surface area contributed by atoms with Gasteiger partial charge in [-0.2, -0.15) is 0 Å². The summed E-state index contributed by atoms with van der Waals surface area (Å²) in [7, 11) is 0. The molecule has 0 spiro atoms. The summed E-state index contributed by atoms with van der Waals surface area (Å²) >= 11 is 0. The third-order valence-electron chi connectivity index (χ3n) is 9.55. The van der Waals surface area contributed by atoms with Crippen LogP contribution in [0.2, 0.25) is 0 Å². The first kappa shape index (κ1) is 30.2. The minimum absolute atomic E-state index is 0.967. The molecule has 0 unspecified atom stereocenters. The molecular weight excluding hydrogens is 625 g/mol. The summed E-state index contributed by atoms with van der Waals surface area (Å²) in [5.74, 6) is 0. The Kier molecular flexibility index (Phi) is 7.59. The number of aromatic nitrogens is 5. The molecule has 0 bridgehead atoms. The predicted octanol–water partition coefficient (Wildman–Crippen LogP) is 11.1. The Labute approximate surface area is 296 Å². The molecule has 0 aliphatic heterocycles. The number of hydrogen-bond acceptors (Lipinski definition) is 5. The fourth-order valence-electron chi connectivity index (χ4n) is 7.14. The Bertz CT molecular complexity index is 2520. The summed E-state index contributed by atoms with van der Waals surface area (Å²) < 4.78 is 2.36. The van der Waals surface area contributed by atoms with Crippen molar-refractivity contribution in [3.05, 3.63) is 183 Å². The van der Waals surface area contributed by atoms with Crippen molar-refractivity contribution in [3.63, 3.8) is 0 Å². The van der Waals surface area contributed by atoms with Gasteiger partial charge in [-0.25, -0.2) is 19.9 Å². The first-order valence-electron chi connectivity index (χ1n) is 16.9. The smallest absolute Gasteiger partial charge is 0.115 e. The van der Waals surface area contributed by atoms with Crippen LogP contribution >= 0.6 is 0 Å². The van der Waals surface area contributed by atoms with Gasteiger partial charge in [0.05, 0.1) is 11.0 Å². The van der Waals surface area contributed by atoms with E-state index in [0.717, 1.165) is 72.7 Å². The normalized spacial score (nSPS) is 11.2. The van der Waals surface area contributed by atoms with E-state index in [2.05, 4.69) is 176 Å². The molecule has 0 saturated heterocycles. The highest BCUT2D eigenvalue weighted by molar-refractivity contribution is 6.10. The fraction of sp³-hybridized carbons (Fsp3) is 0.0222. The van der Waals surface area contributed by atoms with Gasteiger partial charge in [-0.1, -0.05) is 66.7 Å². The average molecular weight is 657 g/mol. The summed E-state index contributed by atoms with van der Waals surface area (Å²) in [5, 5.41) is 2.41. The number of hydrogen-bond donors (Lipinski definition) is 0. The lowest BCUT2D eigenvalue weighted by molar-refractivity contribution is 1.16. The second kappa shape index (κ2) is 12.8. The van der Waals surface area contributed by atoms with Crippen LogP contribution in [0, 0.1) is 6.92 Å². The van der Waals surface area contributed by atoms with Crippen molar-refractivity contribution in [1.29, 1.82) is 0 Å². The van der Waals surface area contributed by atoms with Gasteiger partial charge in [0, 0.05) is 69.4 Å². The number of anilines is 3. The van der Waals surface area contributed by atoms with Crippen LogP contribution in [-0.2, 0) is 0 Å². The van der Waals surface area contributed by atoms with Crippen molar-refractivity contribution in [2.45, 2.75) is 6.92 Å². The van der Waals surface area contributed by atoms with Crippen molar-refractivity contribution in [2.24, 2.45) is 0 Å². The highest BCUT2D eigenvalue weighted by Crippen LogP contribution is 2.40. The molecule has 0 aliphatic carbocycles. The van der Waals surface area contributed by atoms with Crippen molar-refractivity contribution in [2.75, 3.05) is 4.90 Å². The lowest BCUT2D eigenvalue weighted by Crippen LogP contribution is -2.09. The molecule has 3 heterocycles. The third-order valence-corrected chi connectivity index (χ3v) is 9.55.